The molecule has 176 valence electrons. The standard InChI is InChI=1S/C25H21N5O4S/c31-20-4-3-19(22(32)28-20)30-24(33)16-2-1-14(11-18(16)25(30)34)12-29-8-5-15(6-9-29)21-17-7-10-35-23(17)27-13-26-21/h1-2,5,7,10-11,13,19H,3-4,6,8-9,12H2,(H,28,31,32). The molecule has 6 rings (SSSR count). The monoisotopic (exact) mass is 487 g/mol. The van der Waals surface area contributed by atoms with Gasteiger partial charge in [0.25, 0.3) is 11.8 Å². The molecule has 3 aromatic rings. The zero-order chi connectivity index (χ0) is 24.1. The quantitative estimate of drug-likeness (QED) is 0.562. The van der Waals surface area contributed by atoms with E-state index in [0.717, 1.165) is 45.9 Å². The number of imide groups is 2. The Kier molecular flexibility index (Phi) is 5.27. The minimum absolute atomic E-state index is 0.104. The average molecular weight is 488 g/mol. The van der Waals surface area contributed by atoms with Crippen LogP contribution < -0.4 is 5.32 Å². The molecule has 2 aromatic heterocycles. The molecule has 0 bridgehead atoms. The maximum atomic E-state index is 13.1. The van der Waals surface area contributed by atoms with Gasteiger partial charge in [0.05, 0.1) is 16.8 Å². The zero-order valence-electron chi connectivity index (χ0n) is 18.7. The maximum absolute atomic E-state index is 13.1. The van der Waals surface area contributed by atoms with Crippen LogP contribution in [0.15, 0.2) is 42.0 Å². The van der Waals surface area contributed by atoms with Gasteiger partial charge in [-0.25, -0.2) is 9.97 Å². The van der Waals surface area contributed by atoms with E-state index >= 15 is 0 Å². The fourth-order valence-corrected chi connectivity index (χ4v) is 5.72. The van der Waals surface area contributed by atoms with Gasteiger partial charge in [0, 0.05) is 31.4 Å². The number of benzene rings is 1. The molecule has 10 heteroatoms. The van der Waals surface area contributed by atoms with E-state index in [2.05, 4.69) is 32.3 Å². The van der Waals surface area contributed by atoms with Crippen LogP contribution in [0.5, 0.6) is 0 Å². The highest BCUT2D eigenvalue weighted by atomic mass is 32.1. The number of nitrogens with zero attached hydrogens (tertiary/aromatic N) is 4. The number of fused-ring (bicyclic) bond motifs is 2. The number of thiophene rings is 1. The summed E-state index contributed by atoms with van der Waals surface area (Å²) in [5.41, 5.74) is 3.74. The van der Waals surface area contributed by atoms with Crippen LogP contribution in [-0.4, -0.2) is 62.5 Å². The summed E-state index contributed by atoms with van der Waals surface area (Å²) in [4.78, 5) is 62.8. The van der Waals surface area contributed by atoms with Crippen molar-refractivity contribution >= 4 is 50.8 Å². The van der Waals surface area contributed by atoms with Crippen molar-refractivity contribution in [1.29, 1.82) is 0 Å². The van der Waals surface area contributed by atoms with Gasteiger partial charge in [-0.05, 0) is 47.6 Å². The average Bonchev–Trinajstić information content (AvgIpc) is 3.43. The van der Waals surface area contributed by atoms with E-state index in [1.165, 1.54) is 5.57 Å². The molecule has 0 aliphatic carbocycles. The van der Waals surface area contributed by atoms with Crippen molar-refractivity contribution in [2.75, 3.05) is 13.1 Å². The Bertz CT molecular complexity index is 1440. The van der Waals surface area contributed by atoms with Crippen LogP contribution >= 0.6 is 11.3 Å². The second-order valence-corrected chi connectivity index (χ2v) is 9.80. The highest BCUT2D eigenvalue weighted by Gasteiger charge is 2.44. The second-order valence-electron chi connectivity index (χ2n) is 8.90. The van der Waals surface area contributed by atoms with E-state index in [4.69, 9.17) is 0 Å². The molecule has 1 aromatic carbocycles. The third-order valence-corrected chi connectivity index (χ3v) is 7.59. The summed E-state index contributed by atoms with van der Waals surface area (Å²) in [6.07, 6.45) is 4.91. The summed E-state index contributed by atoms with van der Waals surface area (Å²) in [5.74, 6) is -1.95. The van der Waals surface area contributed by atoms with Gasteiger partial charge >= 0.3 is 0 Å². The summed E-state index contributed by atoms with van der Waals surface area (Å²) in [5, 5.41) is 5.33. The zero-order valence-corrected chi connectivity index (χ0v) is 19.5. The summed E-state index contributed by atoms with van der Waals surface area (Å²) >= 11 is 1.61. The van der Waals surface area contributed by atoms with Crippen molar-refractivity contribution in [1.82, 2.24) is 25.1 Å². The molecule has 1 atom stereocenters. The smallest absolute Gasteiger partial charge is 0.262 e. The number of piperidine rings is 1. The van der Waals surface area contributed by atoms with Crippen molar-refractivity contribution in [3.8, 4) is 0 Å². The first-order valence-electron chi connectivity index (χ1n) is 11.4. The van der Waals surface area contributed by atoms with Crippen LogP contribution in [0.2, 0.25) is 0 Å². The second kappa shape index (κ2) is 8.47. The van der Waals surface area contributed by atoms with Crippen molar-refractivity contribution in [2.24, 2.45) is 0 Å². The molecular weight excluding hydrogens is 466 g/mol. The third-order valence-electron chi connectivity index (χ3n) is 6.77. The molecule has 1 saturated heterocycles. The molecule has 1 unspecified atom stereocenters. The Balaban J connectivity index is 1.17. The number of rotatable bonds is 4. The molecule has 1 N–H and O–H groups in total. The maximum Gasteiger partial charge on any atom is 0.262 e. The highest BCUT2D eigenvalue weighted by Crippen LogP contribution is 2.31. The van der Waals surface area contributed by atoms with Crippen molar-refractivity contribution in [3.05, 3.63) is 64.4 Å². The number of hydrogen-bond donors (Lipinski definition) is 1. The lowest BCUT2D eigenvalue weighted by Crippen LogP contribution is -2.54. The Morgan fingerprint density at radius 3 is 2.69 bits per heavy atom. The number of amides is 4. The normalized spacial score (nSPS) is 20.9. The number of aromatic nitrogens is 2. The van der Waals surface area contributed by atoms with E-state index in [0.29, 0.717) is 17.7 Å². The van der Waals surface area contributed by atoms with Crippen molar-refractivity contribution in [3.63, 3.8) is 0 Å². The van der Waals surface area contributed by atoms with Gasteiger partial charge < -0.3 is 0 Å². The predicted octanol–water partition coefficient (Wildman–Crippen LogP) is 2.38. The molecule has 4 amide bonds. The van der Waals surface area contributed by atoms with E-state index in [-0.39, 0.29) is 18.7 Å². The Hall–Kier alpha value is -3.76. The molecule has 0 radical (unpaired) electrons. The van der Waals surface area contributed by atoms with Crippen LogP contribution in [0.1, 0.15) is 51.2 Å². The number of carbonyl (C=O) groups is 4. The van der Waals surface area contributed by atoms with Crippen molar-refractivity contribution in [2.45, 2.75) is 31.8 Å². The van der Waals surface area contributed by atoms with Gasteiger partial charge in [-0.15, -0.1) is 11.3 Å². The summed E-state index contributed by atoms with van der Waals surface area (Å²) < 4.78 is 0. The molecule has 1 fully saturated rings. The fraction of sp³-hybridized carbons (Fsp3) is 0.280. The molecule has 35 heavy (non-hydrogen) atoms. The molecule has 3 aliphatic rings. The minimum Gasteiger partial charge on any atom is -0.295 e. The fourth-order valence-electron chi connectivity index (χ4n) is 4.99. The lowest BCUT2D eigenvalue weighted by Gasteiger charge is -2.27. The lowest BCUT2D eigenvalue weighted by atomic mass is 10.0. The van der Waals surface area contributed by atoms with Crippen molar-refractivity contribution < 1.29 is 19.2 Å². The molecule has 0 spiro atoms. The molecule has 0 saturated carbocycles. The molecule has 5 heterocycles. The summed E-state index contributed by atoms with van der Waals surface area (Å²) in [6, 6.07) is 6.38. The first kappa shape index (κ1) is 21.8. The molecule has 9 nitrogen and oxygen atoms in total. The lowest BCUT2D eigenvalue weighted by molar-refractivity contribution is -0.136. The topological polar surface area (TPSA) is 113 Å². The van der Waals surface area contributed by atoms with Crippen LogP contribution in [-0.2, 0) is 16.1 Å². The predicted molar refractivity (Wildman–Crippen MR) is 128 cm³/mol. The number of hydrogen-bond acceptors (Lipinski definition) is 8. The number of carbonyl (C=O) groups excluding carboxylic acids is 4. The van der Waals surface area contributed by atoms with Gasteiger partial charge in [0.15, 0.2) is 0 Å². The van der Waals surface area contributed by atoms with Crippen LogP contribution in [0.3, 0.4) is 0 Å². The summed E-state index contributed by atoms with van der Waals surface area (Å²) in [7, 11) is 0. The largest absolute Gasteiger partial charge is 0.295 e. The van der Waals surface area contributed by atoms with E-state index in [9.17, 15) is 19.2 Å². The molecular formula is C25H21N5O4S. The Morgan fingerprint density at radius 2 is 1.89 bits per heavy atom. The van der Waals surface area contributed by atoms with E-state index in [1.807, 2.05) is 11.4 Å². The first-order valence-corrected chi connectivity index (χ1v) is 12.3. The van der Waals surface area contributed by atoms with Gasteiger partial charge in [0.1, 0.15) is 17.2 Å². The first-order chi connectivity index (χ1) is 17.0. The number of nitrogens with one attached hydrogen (secondary N) is 1. The molecule has 3 aliphatic heterocycles. The van der Waals surface area contributed by atoms with Gasteiger partial charge in [0.2, 0.25) is 11.8 Å². The van der Waals surface area contributed by atoms with E-state index in [1.54, 1.807) is 29.8 Å². The third kappa shape index (κ3) is 3.75. The van der Waals surface area contributed by atoms with Gasteiger partial charge in [-0.2, -0.15) is 0 Å². The Morgan fingerprint density at radius 1 is 1.03 bits per heavy atom. The highest BCUT2D eigenvalue weighted by molar-refractivity contribution is 7.16. The summed E-state index contributed by atoms with van der Waals surface area (Å²) in [6.45, 7) is 2.22. The SMILES string of the molecule is O=C1CCC(N2C(=O)c3ccc(CN4CC=C(c5ncnc6sccc56)CC4)cc3C2=O)C(=O)N1. The van der Waals surface area contributed by atoms with Crippen LogP contribution in [0.25, 0.3) is 15.8 Å². The van der Waals surface area contributed by atoms with Crippen LogP contribution in [0, 0.1) is 0 Å². The van der Waals surface area contributed by atoms with Gasteiger partial charge in [-0.1, -0.05) is 12.1 Å². The van der Waals surface area contributed by atoms with E-state index < -0.39 is 23.8 Å². The van der Waals surface area contributed by atoms with Crippen LogP contribution in [0.4, 0.5) is 0 Å². The Labute approximate surface area is 204 Å². The minimum atomic E-state index is -0.953. The van der Waals surface area contributed by atoms with Gasteiger partial charge in [-0.3, -0.25) is 34.3 Å².